The number of carbonyl (C=O) groups is 1. The summed E-state index contributed by atoms with van der Waals surface area (Å²) in [7, 11) is 0. The maximum atomic E-state index is 12.4. The highest BCUT2D eigenvalue weighted by Crippen LogP contribution is 2.22. The first kappa shape index (κ1) is 17.3. The van der Waals surface area contributed by atoms with Crippen LogP contribution in [0, 0.1) is 0 Å². The fourth-order valence-corrected chi connectivity index (χ4v) is 3.35. The van der Waals surface area contributed by atoms with E-state index in [1.807, 2.05) is 48.5 Å². The van der Waals surface area contributed by atoms with Gasteiger partial charge in [0.05, 0.1) is 0 Å². The average Bonchev–Trinajstić information content (AvgIpc) is 3.20. The van der Waals surface area contributed by atoms with E-state index in [1.54, 1.807) is 12.4 Å². The molecule has 0 unspecified atom stereocenters. The van der Waals surface area contributed by atoms with E-state index < -0.39 is 0 Å². The van der Waals surface area contributed by atoms with Gasteiger partial charge in [0.15, 0.2) is 0 Å². The molecule has 0 atom stereocenters. The Balaban J connectivity index is 1.30. The zero-order valence-corrected chi connectivity index (χ0v) is 15.2. The highest BCUT2D eigenvalue weighted by molar-refractivity contribution is 5.94. The number of rotatable bonds is 6. The minimum atomic E-state index is -0.0263. The molecule has 0 spiro atoms. The van der Waals surface area contributed by atoms with Crippen molar-refractivity contribution < 1.29 is 9.53 Å². The molecule has 1 aliphatic rings. The molecule has 4 nitrogen and oxygen atoms in total. The summed E-state index contributed by atoms with van der Waals surface area (Å²) < 4.78 is 5.76. The molecule has 0 aliphatic heterocycles. The van der Waals surface area contributed by atoms with Crippen molar-refractivity contribution >= 4 is 5.91 Å². The summed E-state index contributed by atoms with van der Waals surface area (Å²) in [5.74, 6) is 0.772. The topological polar surface area (TPSA) is 51.2 Å². The summed E-state index contributed by atoms with van der Waals surface area (Å²) in [6, 6.07) is 17.7. The predicted octanol–water partition coefficient (Wildman–Crippen LogP) is 4.08. The number of pyridine rings is 1. The number of carbonyl (C=O) groups excluding carboxylic acids is 1. The zero-order valence-electron chi connectivity index (χ0n) is 15.2. The van der Waals surface area contributed by atoms with E-state index in [0.29, 0.717) is 13.2 Å². The molecule has 4 heteroatoms. The first-order valence-electron chi connectivity index (χ1n) is 9.28. The Morgan fingerprint density at radius 3 is 2.67 bits per heavy atom. The van der Waals surface area contributed by atoms with Crippen molar-refractivity contribution in [3.63, 3.8) is 0 Å². The van der Waals surface area contributed by atoms with Crippen molar-refractivity contribution in [1.29, 1.82) is 0 Å². The summed E-state index contributed by atoms with van der Waals surface area (Å²) in [5.41, 5.74) is 5.51. The Morgan fingerprint density at radius 1 is 1.00 bits per heavy atom. The van der Waals surface area contributed by atoms with Gasteiger partial charge in [0.2, 0.25) is 0 Å². The number of benzene rings is 2. The average molecular weight is 358 g/mol. The van der Waals surface area contributed by atoms with Crippen molar-refractivity contribution in [3.8, 4) is 5.75 Å². The Bertz CT molecular complexity index is 921. The number of hydrogen-bond acceptors (Lipinski definition) is 3. The smallest absolute Gasteiger partial charge is 0.251 e. The van der Waals surface area contributed by atoms with Crippen LogP contribution in [0.5, 0.6) is 5.75 Å². The maximum Gasteiger partial charge on any atom is 0.251 e. The standard InChI is InChI=1S/C23H22N2O2/c26-23(21-9-8-19-4-1-5-20(19)13-21)25-15-17-6-10-22(11-7-17)27-16-18-3-2-12-24-14-18/h2-3,6-14H,1,4-5,15-16H2,(H,25,26). The molecule has 1 aromatic heterocycles. The number of amides is 1. The lowest BCUT2D eigenvalue weighted by Crippen LogP contribution is -2.22. The fourth-order valence-electron chi connectivity index (χ4n) is 3.35. The third-order valence-corrected chi connectivity index (χ3v) is 4.87. The molecule has 1 N–H and O–H groups in total. The highest BCUT2D eigenvalue weighted by Gasteiger charge is 2.13. The zero-order chi connectivity index (χ0) is 18.5. The van der Waals surface area contributed by atoms with Gasteiger partial charge in [-0.2, -0.15) is 0 Å². The predicted molar refractivity (Wildman–Crippen MR) is 105 cm³/mol. The number of hydrogen-bond donors (Lipinski definition) is 1. The number of ether oxygens (including phenoxy) is 1. The van der Waals surface area contributed by atoms with Gasteiger partial charge in [-0.1, -0.05) is 24.3 Å². The van der Waals surface area contributed by atoms with Crippen LogP contribution in [0.3, 0.4) is 0 Å². The van der Waals surface area contributed by atoms with Gasteiger partial charge >= 0.3 is 0 Å². The molecule has 1 aliphatic carbocycles. The van der Waals surface area contributed by atoms with Crippen molar-refractivity contribution in [2.75, 3.05) is 0 Å². The summed E-state index contributed by atoms with van der Waals surface area (Å²) in [4.78, 5) is 16.5. The monoisotopic (exact) mass is 358 g/mol. The van der Waals surface area contributed by atoms with Crippen LogP contribution >= 0.6 is 0 Å². The molecule has 1 amide bonds. The first-order valence-corrected chi connectivity index (χ1v) is 9.28. The molecule has 4 rings (SSSR count). The minimum Gasteiger partial charge on any atom is -0.489 e. The Morgan fingerprint density at radius 2 is 1.85 bits per heavy atom. The van der Waals surface area contributed by atoms with Gasteiger partial charge in [0.25, 0.3) is 5.91 Å². The molecule has 3 aromatic rings. The number of fused-ring (bicyclic) bond motifs is 1. The van der Waals surface area contributed by atoms with Crippen LogP contribution in [0.15, 0.2) is 67.0 Å². The van der Waals surface area contributed by atoms with Crippen LogP contribution in [0.1, 0.15) is 39.0 Å². The number of aryl methyl sites for hydroxylation is 2. The second kappa shape index (κ2) is 8.04. The second-order valence-electron chi connectivity index (χ2n) is 6.81. The maximum absolute atomic E-state index is 12.4. The van der Waals surface area contributed by atoms with E-state index in [0.717, 1.165) is 35.3 Å². The van der Waals surface area contributed by atoms with Crippen LogP contribution in [-0.4, -0.2) is 10.9 Å². The lowest BCUT2D eigenvalue weighted by atomic mass is 10.1. The van der Waals surface area contributed by atoms with E-state index in [1.165, 1.54) is 17.5 Å². The lowest BCUT2D eigenvalue weighted by molar-refractivity contribution is 0.0951. The summed E-state index contributed by atoms with van der Waals surface area (Å²) in [6.45, 7) is 0.987. The Kier molecular flexibility index (Phi) is 5.15. The van der Waals surface area contributed by atoms with Crippen molar-refractivity contribution in [2.24, 2.45) is 0 Å². The molecular formula is C23H22N2O2. The molecule has 1 heterocycles. The molecule has 27 heavy (non-hydrogen) atoms. The van der Waals surface area contributed by atoms with Crippen molar-refractivity contribution in [2.45, 2.75) is 32.4 Å². The summed E-state index contributed by atoms with van der Waals surface area (Å²) in [6.07, 6.45) is 6.94. The Hall–Kier alpha value is -3.14. The number of nitrogens with one attached hydrogen (secondary N) is 1. The van der Waals surface area contributed by atoms with Gasteiger partial charge in [-0.05, 0) is 66.3 Å². The molecule has 136 valence electrons. The Labute approximate surface area is 159 Å². The van der Waals surface area contributed by atoms with Crippen LogP contribution in [-0.2, 0) is 26.0 Å². The molecular weight excluding hydrogens is 336 g/mol. The van der Waals surface area contributed by atoms with E-state index in [4.69, 9.17) is 4.74 Å². The van der Waals surface area contributed by atoms with Gasteiger partial charge in [-0.25, -0.2) is 0 Å². The summed E-state index contributed by atoms with van der Waals surface area (Å²) in [5, 5.41) is 3.00. The van der Waals surface area contributed by atoms with Crippen LogP contribution < -0.4 is 10.1 Å². The van der Waals surface area contributed by atoms with Gasteiger partial charge in [-0.15, -0.1) is 0 Å². The van der Waals surface area contributed by atoms with Gasteiger partial charge in [-0.3, -0.25) is 9.78 Å². The highest BCUT2D eigenvalue weighted by atomic mass is 16.5. The largest absolute Gasteiger partial charge is 0.489 e. The molecule has 0 radical (unpaired) electrons. The lowest BCUT2D eigenvalue weighted by Gasteiger charge is -2.09. The van der Waals surface area contributed by atoms with E-state index in [9.17, 15) is 4.79 Å². The SMILES string of the molecule is O=C(NCc1ccc(OCc2cccnc2)cc1)c1ccc2c(c1)CCC2. The van der Waals surface area contributed by atoms with Gasteiger partial charge in [0, 0.05) is 30.1 Å². The van der Waals surface area contributed by atoms with E-state index in [2.05, 4.69) is 16.4 Å². The van der Waals surface area contributed by atoms with Crippen molar-refractivity contribution in [3.05, 3.63) is 94.8 Å². The number of nitrogens with zero attached hydrogens (tertiary/aromatic N) is 1. The van der Waals surface area contributed by atoms with Gasteiger partial charge in [0.1, 0.15) is 12.4 Å². The molecule has 0 fully saturated rings. The van der Waals surface area contributed by atoms with E-state index in [-0.39, 0.29) is 5.91 Å². The van der Waals surface area contributed by atoms with Crippen LogP contribution in [0.2, 0.25) is 0 Å². The molecule has 2 aromatic carbocycles. The third kappa shape index (κ3) is 4.34. The third-order valence-electron chi connectivity index (χ3n) is 4.87. The first-order chi connectivity index (χ1) is 13.3. The molecule has 0 bridgehead atoms. The normalized spacial score (nSPS) is 12.4. The quantitative estimate of drug-likeness (QED) is 0.722. The molecule has 0 saturated heterocycles. The molecule has 0 saturated carbocycles. The van der Waals surface area contributed by atoms with Crippen LogP contribution in [0.4, 0.5) is 0 Å². The van der Waals surface area contributed by atoms with Gasteiger partial charge < -0.3 is 10.1 Å². The van der Waals surface area contributed by atoms with Crippen LogP contribution in [0.25, 0.3) is 0 Å². The minimum absolute atomic E-state index is 0.0263. The second-order valence-corrected chi connectivity index (χ2v) is 6.81. The van der Waals surface area contributed by atoms with E-state index >= 15 is 0 Å². The number of aromatic nitrogens is 1. The van der Waals surface area contributed by atoms with Crippen molar-refractivity contribution in [1.82, 2.24) is 10.3 Å². The fraction of sp³-hybridized carbons (Fsp3) is 0.217. The summed E-state index contributed by atoms with van der Waals surface area (Å²) >= 11 is 0.